The van der Waals surface area contributed by atoms with Gasteiger partial charge in [-0.2, -0.15) is 0 Å². The molecule has 3 heteroatoms. The van der Waals surface area contributed by atoms with Gasteiger partial charge in [-0.15, -0.1) is 0 Å². The van der Waals surface area contributed by atoms with Crippen molar-refractivity contribution in [2.24, 2.45) is 5.92 Å². The first kappa shape index (κ1) is 12.1. The van der Waals surface area contributed by atoms with Crippen LogP contribution in [-0.4, -0.2) is 19.0 Å². The molecule has 92 valence electrons. The first-order valence-electron chi connectivity index (χ1n) is 6.29. The molecule has 3 nitrogen and oxygen atoms in total. The van der Waals surface area contributed by atoms with Gasteiger partial charge in [0, 0.05) is 13.1 Å². The van der Waals surface area contributed by atoms with E-state index < -0.39 is 0 Å². The van der Waals surface area contributed by atoms with E-state index in [2.05, 4.69) is 41.8 Å². The van der Waals surface area contributed by atoms with Gasteiger partial charge < -0.3 is 10.6 Å². The van der Waals surface area contributed by atoms with Crippen molar-refractivity contribution in [1.29, 1.82) is 0 Å². The van der Waals surface area contributed by atoms with Crippen LogP contribution in [0.2, 0.25) is 0 Å². The Morgan fingerprint density at radius 1 is 1.41 bits per heavy atom. The molecule has 2 rings (SSSR count). The molecular formula is C14H20N2O. The molecule has 2 N–H and O–H groups in total. The van der Waals surface area contributed by atoms with Gasteiger partial charge in [0.15, 0.2) is 0 Å². The lowest BCUT2D eigenvalue weighted by molar-refractivity contribution is -0.125. The fourth-order valence-corrected chi connectivity index (χ4v) is 2.12. The minimum absolute atomic E-state index is 0.147. The Kier molecular flexibility index (Phi) is 4.15. The summed E-state index contributed by atoms with van der Waals surface area (Å²) in [6.07, 6.45) is 2.11. The van der Waals surface area contributed by atoms with Gasteiger partial charge in [-0.3, -0.25) is 4.79 Å². The molecule has 0 bridgehead atoms. The van der Waals surface area contributed by atoms with Crippen LogP contribution >= 0.6 is 0 Å². The maximum absolute atomic E-state index is 11.9. The van der Waals surface area contributed by atoms with Gasteiger partial charge in [-0.05, 0) is 31.9 Å². The molecule has 1 aliphatic heterocycles. The van der Waals surface area contributed by atoms with Crippen LogP contribution in [0.5, 0.6) is 0 Å². The minimum Gasteiger partial charge on any atom is -0.352 e. The molecule has 1 amide bonds. The van der Waals surface area contributed by atoms with E-state index in [4.69, 9.17) is 0 Å². The third-order valence-electron chi connectivity index (χ3n) is 3.26. The first-order chi connectivity index (χ1) is 8.25. The van der Waals surface area contributed by atoms with Crippen molar-refractivity contribution in [2.45, 2.75) is 26.3 Å². The van der Waals surface area contributed by atoms with Crippen LogP contribution in [0.25, 0.3) is 0 Å². The van der Waals surface area contributed by atoms with Crippen molar-refractivity contribution in [3.05, 3.63) is 35.4 Å². The summed E-state index contributed by atoms with van der Waals surface area (Å²) in [5, 5.41) is 6.27. The number of amides is 1. The maximum Gasteiger partial charge on any atom is 0.224 e. The molecule has 17 heavy (non-hydrogen) atoms. The highest BCUT2D eigenvalue weighted by Gasteiger charge is 2.20. The van der Waals surface area contributed by atoms with E-state index in [-0.39, 0.29) is 11.8 Å². The van der Waals surface area contributed by atoms with E-state index in [9.17, 15) is 4.79 Å². The zero-order valence-electron chi connectivity index (χ0n) is 10.3. The first-order valence-corrected chi connectivity index (χ1v) is 6.29. The van der Waals surface area contributed by atoms with Crippen LogP contribution in [0, 0.1) is 12.8 Å². The van der Waals surface area contributed by atoms with Crippen LogP contribution in [0.1, 0.15) is 24.0 Å². The molecule has 1 atom stereocenters. The van der Waals surface area contributed by atoms with Gasteiger partial charge in [0.05, 0.1) is 5.92 Å². The average Bonchev–Trinajstić information content (AvgIpc) is 2.39. The largest absolute Gasteiger partial charge is 0.352 e. The predicted octanol–water partition coefficient (Wildman–Crippen LogP) is 1.61. The minimum atomic E-state index is 0.147. The van der Waals surface area contributed by atoms with Crippen molar-refractivity contribution >= 4 is 5.91 Å². The second-order valence-corrected chi connectivity index (χ2v) is 4.75. The highest BCUT2D eigenvalue weighted by Crippen LogP contribution is 2.10. The number of carbonyl (C=O) groups is 1. The molecule has 0 unspecified atom stereocenters. The number of piperidine rings is 1. The summed E-state index contributed by atoms with van der Waals surface area (Å²) in [4.78, 5) is 11.9. The van der Waals surface area contributed by atoms with Crippen molar-refractivity contribution in [1.82, 2.24) is 10.6 Å². The SMILES string of the molecule is Cc1ccc(CNC(=O)[C@H]2CCCNC2)cc1. The van der Waals surface area contributed by atoms with Crippen molar-refractivity contribution < 1.29 is 4.79 Å². The smallest absolute Gasteiger partial charge is 0.224 e. The fraction of sp³-hybridized carbons (Fsp3) is 0.500. The lowest BCUT2D eigenvalue weighted by Gasteiger charge is -2.21. The molecule has 0 aliphatic carbocycles. The van der Waals surface area contributed by atoms with Gasteiger partial charge in [-0.1, -0.05) is 29.8 Å². The van der Waals surface area contributed by atoms with Gasteiger partial charge >= 0.3 is 0 Å². The van der Waals surface area contributed by atoms with Crippen LogP contribution in [-0.2, 0) is 11.3 Å². The molecule has 1 aromatic rings. The van der Waals surface area contributed by atoms with Crippen LogP contribution < -0.4 is 10.6 Å². The second kappa shape index (κ2) is 5.82. The number of hydrogen-bond acceptors (Lipinski definition) is 2. The summed E-state index contributed by atoms with van der Waals surface area (Å²) >= 11 is 0. The lowest BCUT2D eigenvalue weighted by atomic mass is 9.99. The summed E-state index contributed by atoms with van der Waals surface area (Å²) in [7, 11) is 0. The number of rotatable bonds is 3. The summed E-state index contributed by atoms with van der Waals surface area (Å²) in [6, 6.07) is 8.27. The molecule has 0 aromatic heterocycles. The van der Waals surface area contributed by atoms with Gasteiger partial charge in [0.25, 0.3) is 0 Å². The summed E-state index contributed by atoms with van der Waals surface area (Å²) in [5.41, 5.74) is 2.41. The predicted molar refractivity (Wildman–Crippen MR) is 68.6 cm³/mol. The number of carbonyl (C=O) groups excluding carboxylic acids is 1. The summed E-state index contributed by atoms with van der Waals surface area (Å²) in [5.74, 6) is 0.326. The second-order valence-electron chi connectivity index (χ2n) is 4.75. The fourth-order valence-electron chi connectivity index (χ4n) is 2.12. The molecule has 1 heterocycles. The van der Waals surface area contributed by atoms with Crippen molar-refractivity contribution in [2.75, 3.05) is 13.1 Å². The van der Waals surface area contributed by atoms with Crippen LogP contribution in [0.3, 0.4) is 0 Å². The molecule has 1 fully saturated rings. The van der Waals surface area contributed by atoms with E-state index >= 15 is 0 Å². The Hall–Kier alpha value is -1.35. The van der Waals surface area contributed by atoms with E-state index in [1.165, 1.54) is 5.56 Å². The topological polar surface area (TPSA) is 41.1 Å². The number of aryl methyl sites for hydroxylation is 1. The maximum atomic E-state index is 11.9. The Bertz CT molecular complexity index is 366. The molecule has 0 radical (unpaired) electrons. The standard InChI is InChI=1S/C14H20N2O/c1-11-4-6-12(7-5-11)9-16-14(17)13-3-2-8-15-10-13/h4-7,13,15H,2-3,8-10H2,1H3,(H,16,17)/t13-/m0/s1. The Labute approximate surface area is 103 Å². The van der Waals surface area contributed by atoms with E-state index in [1.807, 2.05) is 0 Å². The van der Waals surface area contributed by atoms with Gasteiger partial charge in [0.2, 0.25) is 5.91 Å². The third kappa shape index (κ3) is 3.56. The molecule has 0 saturated carbocycles. The van der Waals surface area contributed by atoms with Gasteiger partial charge in [-0.25, -0.2) is 0 Å². The van der Waals surface area contributed by atoms with Crippen LogP contribution in [0.15, 0.2) is 24.3 Å². The summed E-state index contributed by atoms with van der Waals surface area (Å²) < 4.78 is 0. The average molecular weight is 232 g/mol. The monoisotopic (exact) mass is 232 g/mol. The third-order valence-corrected chi connectivity index (χ3v) is 3.26. The van der Waals surface area contributed by atoms with Crippen molar-refractivity contribution in [3.63, 3.8) is 0 Å². The molecule has 1 aromatic carbocycles. The van der Waals surface area contributed by atoms with E-state index in [0.29, 0.717) is 6.54 Å². The Morgan fingerprint density at radius 3 is 2.82 bits per heavy atom. The highest BCUT2D eigenvalue weighted by molar-refractivity contribution is 5.78. The molecular weight excluding hydrogens is 212 g/mol. The number of benzene rings is 1. The zero-order valence-corrected chi connectivity index (χ0v) is 10.3. The van der Waals surface area contributed by atoms with Crippen LogP contribution in [0.4, 0.5) is 0 Å². The Morgan fingerprint density at radius 2 is 2.18 bits per heavy atom. The zero-order chi connectivity index (χ0) is 12.1. The lowest BCUT2D eigenvalue weighted by Crippen LogP contribution is -2.40. The number of nitrogens with one attached hydrogen (secondary N) is 2. The normalized spacial score (nSPS) is 19.9. The number of hydrogen-bond donors (Lipinski definition) is 2. The quantitative estimate of drug-likeness (QED) is 0.831. The highest BCUT2D eigenvalue weighted by atomic mass is 16.1. The van der Waals surface area contributed by atoms with Crippen molar-refractivity contribution in [3.8, 4) is 0 Å². The molecule has 0 spiro atoms. The van der Waals surface area contributed by atoms with E-state index in [1.54, 1.807) is 0 Å². The summed E-state index contributed by atoms with van der Waals surface area (Å²) in [6.45, 7) is 4.56. The molecule has 1 aliphatic rings. The van der Waals surface area contributed by atoms with E-state index in [0.717, 1.165) is 31.5 Å². The molecule has 1 saturated heterocycles. The van der Waals surface area contributed by atoms with Gasteiger partial charge in [0.1, 0.15) is 0 Å². The Balaban J connectivity index is 1.81.